The summed E-state index contributed by atoms with van der Waals surface area (Å²) in [5.74, 6) is 0. The highest BCUT2D eigenvalue weighted by atomic mass is 127. The zero-order valence-corrected chi connectivity index (χ0v) is 8.32. The van der Waals surface area contributed by atoms with Crippen LogP contribution in [0.4, 0.5) is 4.39 Å². The summed E-state index contributed by atoms with van der Waals surface area (Å²) in [6.45, 7) is 0. The minimum Gasteiger partial charge on any atom is -0.209 e. The minimum atomic E-state index is -0.359. The molecule has 1 heterocycles. The lowest BCUT2D eigenvalue weighted by Gasteiger charge is -1.86. The van der Waals surface area contributed by atoms with E-state index in [0.29, 0.717) is 0 Å². The fourth-order valence-corrected chi connectivity index (χ4v) is 2.30. The second kappa shape index (κ2) is 2.67. The summed E-state index contributed by atoms with van der Waals surface area (Å²) in [7, 11) is 0. The smallest absolute Gasteiger partial charge is 0.209 e. The van der Waals surface area contributed by atoms with Crippen LogP contribution < -0.4 is 0 Å². The second-order valence-electron chi connectivity index (χ2n) is 2.08. The van der Waals surface area contributed by atoms with E-state index in [1.807, 2.05) is 18.2 Å². The van der Waals surface area contributed by atoms with Crippen LogP contribution in [0.1, 0.15) is 0 Å². The number of hydrogen-bond donors (Lipinski definition) is 0. The molecule has 1 aromatic carbocycles. The third kappa shape index (κ3) is 1.37. The molecule has 0 saturated carbocycles. The number of benzene rings is 1. The van der Waals surface area contributed by atoms with Gasteiger partial charge in [-0.2, -0.15) is 4.39 Å². The highest BCUT2D eigenvalue weighted by Gasteiger charge is 2.01. The van der Waals surface area contributed by atoms with Crippen LogP contribution >= 0.6 is 33.9 Å². The Morgan fingerprint density at radius 2 is 2.27 bits per heavy atom. The van der Waals surface area contributed by atoms with Crippen LogP contribution in [0.3, 0.4) is 0 Å². The molecule has 0 saturated heterocycles. The summed E-state index contributed by atoms with van der Waals surface area (Å²) in [5, 5.41) is -0.359. The molecule has 0 bridgehead atoms. The van der Waals surface area contributed by atoms with Crippen molar-refractivity contribution in [2.45, 2.75) is 0 Å². The SMILES string of the molecule is Fc1nc2ccc(I)cc2s1. The zero-order chi connectivity index (χ0) is 7.84. The molecule has 4 heteroatoms. The molecule has 0 atom stereocenters. The molecular weight excluding hydrogens is 276 g/mol. The third-order valence-electron chi connectivity index (χ3n) is 1.32. The molecule has 0 N–H and O–H groups in total. The second-order valence-corrected chi connectivity index (χ2v) is 4.31. The van der Waals surface area contributed by atoms with Crippen molar-refractivity contribution in [2.75, 3.05) is 0 Å². The molecule has 0 aliphatic rings. The molecule has 11 heavy (non-hydrogen) atoms. The fourth-order valence-electron chi connectivity index (χ4n) is 0.870. The van der Waals surface area contributed by atoms with Crippen molar-refractivity contribution in [2.24, 2.45) is 0 Å². The predicted molar refractivity (Wildman–Crippen MR) is 52.3 cm³/mol. The Morgan fingerprint density at radius 1 is 1.45 bits per heavy atom. The van der Waals surface area contributed by atoms with Gasteiger partial charge in [-0.1, -0.05) is 11.3 Å². The Morgan fingerprint density at radius 3 is 3.09 bits per heavy atom. The predicted octanol–water partition coefficient (Wildman–Crippen LogP) is 3.04. The Kier molecular flexibility index (Phi) is 1.80. The van der Waals surface area contributed by atoms with Gasteiger partial charge in [-0.05, 0) is 40.8 Å². The number of halogens is 2. The van der Waals surface area contributed by atoms with Gasteiger partial charge in [-0.25, -0.2) is 4.98 Å². The lowest BCUT2D eigenvalue weighted by molar-refractivity contribution is 0.620. The molecule has 0 spiro atoms. The highest BCUT2D eigenvalue weighted by molar-refractivity contribution is 14.1. The summed E-state index contributed by atoms with van der Waals surface area (Å²) < 4.78 is 14.6. The van der Waals surface area contributed by atoms with Crippen LogP contribution in [0.15, 0.2) is 18.2 Å². The van der Waals surface area contributed by atoms with E-state index in [9.17, 15) is 4.39 Å². The average molecular weight is 279 g/mol. The van der Waals surface area contributed by atoms with E-state index in [4.69, 9.17) is 0 Å². The molecule has 0 aliphatic heterocycles. The zero-order valence-electron chi connectivity index (χ0n) is 5.34. The van der Waals surface area contributed by atoms with Gasteiger partial charge >= 0.3 is 0 Å². The largest absolute Gasteiger partial charge is 0.270 e. The number of thiazole rings is 1. The maximum Gasteiger partial charge on any atom is 0.270 e. The number of hydrogen-bond acceptors (Lipinski definition) is 2. The summed E-state index contributed by atoms with van der Waals surface area (Å²) >= 11 is 3.28. The van der Waals surface area contributed by atoms with Gasteiger partial charge in [0, 0.05) is 3.57 Å². The molecule has 0 unspecified atom stereocenters. The Hall–Kier alpha value is -0.230. The topological polar surface area (TPSA) is 12.9 Å². The van der Waals surface area contributed by atoms with Crippen LogP contribution in [0.25, 0.3) is 10.2 Å². The summed E-state index contributed by atoms with van der Waals surface area (Å²) in [5.41, 5.74) is 0.743. The standard InChI is InChI=1S/C7H3FINS/c8-7-10-5-2-1-4(9)3-6(5)11-7/h1-3H. The van der Waals surface area contributed by atoms with Crippen molar-refractivity contribution in [1.29, 1.82) is 0 Å². The molecule has 0 fully saturated rings. The van der Waals surface area contributed by atoms with E-state index < -0.39 is 0 Å². The van der Waals surface area contributed by atoms with Gasteiger partial charge in [-0.15, -0.1) is 0 Å². The van der Waals surface area contributed by atoms with E-state index >= 15 is 0 Å². The van der Waals surface area contributed by atoms with Gasteiger partial charge in [-0.3, -0.25) is 0 Å². The van der Waals surface area contributed by atoms with E-state index in [-0.39, 0.29) is 5.26 Å². The lowest BCUT2D eigenvalue weighted by Crippen LogP contribution is -1.70. The van der Waals surface area contributed by atoms with Crippen molar-refractivity contribution < 1.29 is 4.39 Å². The first-order valence-corrected chi connectivity index (χ1v) is 4.87. The van der Waals surface area contributed by atoms with E-state index in [0.717, 1.165) is 25.1 Å². The Balaban J connectivity index is 2.82. The van der Waals surface area contributed by atoms with Gasteiger partial charge in [0.1, 0.15) is 0 Å². The van der Waals surface area contributed by atoms with Gasteiger partial charge < -0.3 is 0 Å². The van der Waals surface area contributed by atoms with Crippen molar-refractivity contribution in [3.63, 3.8) is 0 Å². The average Bonchev–Trinajstić information content (AvgIpc) is 2.27. The monoisotopic (exact) mass is 279 g/mol. The van der Waals surface area contributed by atoms with Crippen molar-refractivity contribution in [3.8, 4) is 0 Å². The molecule has 2 rings (SSSR count). The van der Waals surface area contributed by atoms with Crippen LogP contribution in [-0.4, -0.2) is 4.98 Å². The van der Waals surface area contributed by atoms with Crippen molar-refractivity contribution in [3.05, 3.63) is 27.0 Å². The van der Waals surface area contributed by atoms with Crippen molar-refractivity contribution in [1.82, 2.24) is 4.98 Å². The highest BCUT2D eigenvalue weighted by Crippen LogP contribution is 2.22. The number of fused-ring (bicyclic) bond motifs is 1. The summed E-state index contributed by atoms with van der Waals surface area (Å²) in [6, 6.07) is 5.68. The molecule has 0 amide bonds. The first kappa shape index (κ1) is 7.42. The Bertz CT molecular complexity index is 398. The van der Waals surface area contributed by atoms with Gasteiger partial charge in [0.2, 0.25) is 0 Å². The van der Waals surface area contributed by atoms with Crippen molar-refractivity contribution >= 4 is 44.1 Å². The van der Waals surface area contributed by atoms with Crippen LogP contribution in [-0.2, 0) is 0 Å². The normalized spacial score (nSPS) is 10.7. The van der Waals surface area contributed by atoms with Crippen LogP contribution in [0, 0.1) is 8.83 Å². The molecule has 56 valence electrons. The molecule has 2 aromatic rings. The Labute approximate surface area is 80.4 Å². The summed E-state index contributed by atoms with van der Waals surface area (Å²) in [4.78, 5) is 3.70. The van der Waals surface area contributed by atoms with Crippen LogP contribution in [0.2, 0.25) is 0 Å². The number of rotatable bonds is 0. The molecule has 0 radical (unpaired) electrons. The first-order chi connectivity index (χ1) is 5.25. The summed E-state index contributed by atoms with van der Waals surface area (Å²) in [6.07, 6.45) is 0. The number of nitrogens with zero attached hydrogens (tertiary/aromatic N) is 1. The first-order valence-electron chi connectivity index (χ1n) is 2.97. The minimum absolute atomic E-state index is 0.359. The molecule has 1 aromatic heterocycles. The lowest BCUT2D eigenvalue weighted by atomic mass is 10.3. The van der Waals surface area contributed by atoms with E-state index in [1.165, 1.54) is 0 Å². The maximum atomic E-state index is 12.6. The van der Waals surface area contributed by atoms with Gasteiger partial charge in [0.15, 0.2) is 0 Å². The van der Waals surface area contributed by atoms with E-state index in [2.05, 4.69) is 27.6 Å². The van der Waals surface area contributed by atoms with Gasteiger partial charge in [0.05, 0.1) is 10.2 Å². The van der Waals surface area contributed by atoms with Gasteiger partial charge in [0.25, 0.3) is 5.26 Å². The fraction of sp³-hybridized carbons (Fsp3) is 0. The molecule has 1 nitrogen and oxygen atoms in total. The van der Waals surface area contributed by atoms with Crippen LogP contribution in [0.5, 0.6) is 0 Å². The molecular formula is C7H3FINS. The van der Waals surface area contributed by atoms with E-state index in [1.54, 1.807) is 0 Å². The quantitative estimate of drug-likeness (QED) is 0.675. The maximum absolute atomic E-state index is 12.6. The molecule has 0 aliphatic carbocycles. The number of aromatic nitrogens is 1. The third-order valence-corrected chi connectivity index (χ3v) is 2.80.